The summed E-state index contributed by atoms with van der Waals surface area (Å²) in [7, 11) is 0. The van der Waals surface area contributed by atoms with Gasteiger partial charge in [-0.3, -0.25) is 9.59 Å². The van der Waals surface area contributed by atoms with Gasteiger partial charge in [-0.2, -0.15) is 0 Å². The molecule has 0 saturated heterocycles. The fourth-order valence-electron chi connectivity index (χ4n) is 2.57. The molecular weight excluding hydrogens is 286 g/mol. The van der Waals surface area contributed by atoms with Gasteiger partial charge >= 0.3 is 0 Å². The largest absolute Gasteiger partial charge is 0.353 e. The Morgan fingerprint density at radius 3 is 2.57 bits per heavy atom. The van der Waals surface area contributed by atoms with Gasteiger partial charge < -0.3 is 10.6 Å². The molecule has 1 aromatic heterocycles. The van der Waals surface area contributed by atoms with Crippen LogP contribution in [0.4, 0.5) is 5.13 Å². The van der Waals surface area contributed by atoms with Crippen molar-refractivity contribution in [2.45, 2.75) is 58.9 Å². The monoisotopic (exact) mass is 309 g/mol. The average Bonchev–Trinajstić information content (AvgIpc) is 3.00. The average molecular weight is 309 g/mol. The van der Waals surface area contributed by atoms with Gasteiger partial charge in [0.25, 0.3) is 0 Å². The number of hydrogen-bond donors (Lipinski definition) is 2. The number of amides is 2. The quantitative estimate of drug-likeness (QED) is 0.878. The van der Waals surface area contributed by atoms with E-state index >= 15 is 0 Å². The summed E-state index contributed by atoms with van der Waals surface area (Å²) in [5.41, 5.74) is 0.942. The second kappa shape index (κ2) is 7.02. The van der Waals surface area contributed by atoms with Crippen molar-refractivity contribution in [1.29, 1.82) is 0 Å². The number of carbonyl (C=O) groups is 2. The molecule has 1 unspecified atom stereocenters. The molecule has 0 radical (unpaired) electrons. The van der Waals surface area contributed by atoms with Crippen molar-refractivity contribution in [1.82, 2.24) is 10.3 Å². The van der Waals surface area contributed by atoms with Crippen LogP contribution in [0.25, 0.3) is 0 Å². The number of nitrogens with one attached hydrogen (secondary N) is 2. The first-order valence-corrected chi connectivity index (χ1v) is 8.31. The van der Waals surface area contributed by atoms with E-state index in [9.17, 15) is 9.59 Å². The van der Waals surface area contributed by atoms with Crippen LogP contribution in [0.5, 0.6) is 0 Å². The summed E-state index contributed by atoms with van der Waals surface area (Å²) in [6.07, 6.45) is 4.49. The zero-order valence-electron chi connectivity index (χ0n) is 12.9. The molecule has 1 aromatic rings. The smallest absolute Gasteiger partial charge is 0.228 e. The molecule has 0 aliphatic heterocycles. The third-order valence-electron chi connectivity index (χ3n) is 3.88. The molecule has 1 fully saturated rings. The Morgan fingerprint density at radius 2 is 2.00 bits per heavy atom. The second-order valence-electron chi connectivity index (χ2n) is 5.80. The van der Waals surface area contributed by atoms with E-state index in [2.05, 4.69) is 15.6 Å². The van der Waals surface area contributed by atoms with E-state index < -0.39 is 0 Å². The minimum Gasteiger partial charge on any atom is -0.353 e. The molecule has 1 aliphatic carbocycles. The third-order valence-corrected chi connectivity index (χ3v) is 4.87. The molecule has 1 saturated carbocycles. The van der Waals surface area contributed by atoms with Crippen LogP contribution in [0.15, 0.2) is 0 Å². The first kappa shape index (κ1) is 15.9. The molecule has 1 aliphatic rings. The normalized spacial score (nSPS) is 16.7. The van der Waals surface area contributed by atoms with Crippen molar-refractivity contribution in [2.24, 2.45) is 5.92 Å². The molecular formula is C15H23N3O2S. The molecule has 0 bridgehead atoms. The van der Waals surface area contributed by atoms with E-state index in [1.807, 2.05) is 20.8 Å². The van der Waals surface area contributed by atoms with E-state index in [1.54, 1.807) is 0 Å². The highest BCUT2D eigenvalue weighted by atomic mass is 32.1. The minimum atomic E-state index is -0.153. The van der Waals surface area contributed by atoms with Crippen molar-refractivity contribution < 1.29 is 9.59 Å². The second-order valence-corrected chi connectivity index (χ2v) is 7.01. The Labute approximate surface area is 129 Å². The van der Waals surface area contributed by atoms with Gasteiger partial charge in [-0.25, -0.2) is 4.98 Å². The predicted octanol–water partition coefficient (Wildman–Crippen LogP) is 2.78. The van der Waals surface area contributed by atoms with Crippen molar-refractivity contribution in [3.8, 4) is 0 Å². The van der Waals surface area contributed by atoms with Gasteiger partial charge in [-0.15, -0.1) is 11.3 Å². The van der Waals surface area contributed by atoms with Gasteiger partial charge in [0.2, 0.25) is 11.8 Å². The molecule has 6 heteroatoms. The van der Waals surface area contributed by atoms with Gasteiger partial charge in [-0.05, 0) is 33.6 Å². The molecule has 0 aromatic carbocycles. The van der Waals surface area contributed by atoms with Crippen LogP contribution in [-0.2, 0) is 9.59 Å². The number of aryl methyl sites for hydroxylation is 2. The van der Waals surface area contributed by atoms with Crippen LogP contribution < -0.4 is 10.6 Å². The van der Waals surface area contributed by atoms with E-state index in [0.717, 1.165) is 36.3 Å². The lowest BCUT2D eigenvalue weighted by Crippen LogP contribution is -2.38. The van der Waals surface area contributed by atoms with Crippen molar-refractivity contribution in [3.05, 3.63) is 10.6 Å². The van der Waals surface area contributed by atoms with Crippen LogP contribution >= 0.6 is 11.3 Å². The summed E-state index contributed by atoms with van der Waals surface area (Å²) in [6, 6.07) is -0.153. The zero-order chi connectivity index (χ0) is 15.4. The molecule has 2 N–H and O–H groups in total. The highest BCUT2D eigenvalue weighted by Crippen LogP contribution is 2.25. The number of rotatable bonds is 5. The van der Waals surface area contributed by atoms with Crippen LogP contribution in [-0.4, -0.2) is 22.8 Å². The number of aromatic nitrogens is 1. The lowest BCUT2D eigenvalue weighted by Gasteiger charge is -2.16. The van der Waals surface area contributed by atoms with Crippen molar-refractivity contribution in [3.63, 3.8) is 0 Å². The van der Waals surface area contributed by atoms with Crippen LogP contribution in [0, 0.1) is 19.8 Å². The van der Waals surface area contributed by atoms with Gasteiger partial charge in [0.15, 0.2) is 5.13 Å². The van der Waals surface area contributed by atoms with E-state index in [4.69, 9.17) is 0 Å². The van der Waals surface area contributed by atoms with Crippen molar-refractivity contribution >= 4 is 28.3 Å². The lowest BCUT2D eigenvalue weighted by molar-refractivity contribution is -0.125. The number of carbonyl (C=O) groups excluding carboxylic acids is 2. The fourth-order valence-corrected chi connectivity index (χ4v) is 3.41. The van der Waals surface area contributed by atoms with Crippen LogP contribution in [0.1, 0.15) is 49.6 Å². The highest BCUT2D eigenvalue weighted by molar-refractivity contribution is 7.15. The lowest BCUT2D eigenvalue weighted by atomic mass is 10.1. The Morgan fingerprint density at radius 1 is 1.33 bits per heavy atom. The van der Waals surface area contributed by atoms with Gasteiger partial charge in [0.05, 0.1) is 5.69 Å². The molecule has 21 heavy (non-hydrogen) atoms. The van der Waals surface area contributed by atoms with E-state index in [0.29, 0.717) is 5.13 Å². The van der Waals surface area contributed by atoms with Gasteiger partial charge in [0.1, 0.15) is 0 Å². The van der Waals surface area contributed by atoms with Gasteiger partial charge in [0, 0.05) is 23.3 Å². The highest BCUT2D eigenvalue weighted by Gasteiger charge is 2.24. The van der Waals surface area contributed by atoms with Crippen LogP contribution in [0.3, 0.4) is 0 Å². The minimum absolute atomic E-state index is 0.0914. The summed E-state index contributed by atoms with van der Waals surface area (Å²) in [6.45, 7) is 5.77. The summed E-state index contributed by atoms with van der Waals surface area (Å²) in [5, 5.41) is 6.36. The summed E-state index contributed by atoms with van der Waals surface area (Å²) < 4.78 is 0. The number of hydrogen-bond acceptors (Lipinski definition) is 4. The Kier molecular flexibility index (Phi) is 5.33. The zero-order valence-corrected chi connectivity index (χ0v) is 13.7. The Balaban J connectivity index is 1.77. The fraction of sp³-hybridized carbons (Fsp3) is 0.667. The molecule has 1 heterocycles. The number of anilines is 1. The predicted molar refractivity (Wildman–Crippen MR) is 84.4 cm³/mol. The molecule has 5 nitrogen and oxygen atoms in total. The van der Waals surface area contributed by atoms with Crippen molar-refractivity contribution in [2.75, 3.05) is 5.32 Å². The Hall–Kier alpha value is -1.43. The van der Waals surface area contributed by atoms with E-state index in [-0.39, 0.29) is 30.2 Å². The van der Waals surface area contributed by atoms with Gasteiger partial charge in [-0.1, -0.05) is 12.8 Å². The maximum absolute atomic E-state index is 12.0. The topological polar surface area (TPSA) is 71.1 Å². The summed E-state index contributed by atoms with van der Waals surface area (Å²) in [5.74, 6) is 0.122. The summed E-state index contributed by atoms with van der Waals surface area (Å²) >= 11 is 1.47. The third kappa shape index (κ3) is 4.52. The standard InChI is InChI=1S/C15H23N3O2S/c1-9(16-14(20)12-6-4-5-7-12)8-13(19)18-15-17-10(2)11(3)21-15/h9,12H,4-8H2,1-3H3,(H,16,20)(H,17,18,19). The first-order chi connectivity index (χ1) is 9.95. The molecule has 0 spiro atoms. The molecule has 1 atom stereocenters. The first-order valence-electron chi connectivity index (χ1n) is 7.50. The molecule has 2 rings (SSSR count). The Bertz CT molecular complexity index is 501. The van der Waals surface area contributed by atoms with E-state index in [1.165, 1.54) is 11.3 Å². The number of thiazole rings is 1. The van der Waals surface area contributed by atoms with Crippen LogP contribution in [0.2, 0.25) is 0 Å². The molecule has 2 amide bonds. The summed E-state index contributed by atoms with van der Waals surface area (Å²) in [4.78, 5) is 29.3. The SMILES string of the molecule is Cc1nc(NC(=O)CC(C)NC(=O)C2CCCC2)sc1C. The molecule has 116 valence electrons. The number of nitrogens with zero attached hydrogens (tertiary/aromatic N) is 1. The maximum Gasteiger partial charge on any atom is 0.228 e. The maximum atomic E-state index is 12.0.